The Balaban J connectivity index is 1.58. The maximum Gasteiger partial charge on any atom is 0.124 e. The van der Waals surface area contributed by atoms with Crippen LogP contribution in [-0.4, -0.2) is 20.2 Å². The van der Waals surface area contributed by atoms with E-state index in [0.717, 1.165) is 50.5 Å². The Morgan fingerprint density at radius 3 is 1.45 bits per heavy atom. The number of hydrogen-bond donors (Lipinski definition) is 2. The molecule has 1 atom stereocenters. The number of aromatic nitrogens is 2. The van der Waals surface area contributed by atoms with Crippen LogP contribution < -0.4 is 0 Å². The SMILES string of the molecule is CCC(C)c1ccc(-c2cc(-c3ccccc3O)nc3c2ccc2c(-c4ccccc4)cc(-c4ccccc4O)nc23)cc1. The smallest absolute Gasteiger partial charge is 0.124 e. The van der Waals surface area contributed by atoms with E-state index in [0.29, 0.717) is 28.4 Å². The van der Waals surface area contributed by atoms with Crippen molar-refractivity contribution >= 4 is 21.8 Å². The number of hydrogen-bond acceptors (Lipinski definition) is 4. The molecule has 2 aromatic heterocycles. The van der Waals surface area contributed by atoms with Gasteiger partial charge in [0.25, 0.3) is 0 Å². The Labute approximate surface area is 257 Å². The lowest BCUT2D eigenvalue weighted by atomic mass is 9.92. The molecule has 0 saturated carbocycles. The highest BCUT2D eigenvalue weighted by molar-refractivity contribution is 6.13. The molecule has 0 aliphatic rings. The van der Waals surface area contributed by atoms with Gasteiger partial charge in [-0.15, -0.1) is 0 Å². The highest BCUT2D eigenvalue weighted by Crippen LogP contribution is 2.41. The standard InChI is InChI=1S/C40H32N2O2/c1-3-25(2)26-17-19-28(20-18-26)34-24-36(32-14-8-10-16-38(32)44)42-40-30(34)22-21-29-33(27-11-5-4-6-12-27)23-35(41-39(29)40)31-13-7-9-15-37(31)43/h4-25,43-44H,3H2,1-2H3. The van der Waals surface area contributed by atoms with E-state index in [1.54, 1.807) is 12.1 Å². The van der Waals surface area contributed by atoms with Crippen molar-refractivity contribution in [3.63, 3.8) is 0 Å². The molecule has 0 bridgehead atoms. The summed E-state index contributed by atoms with van der Waals surface area (Å²) in [6.45, 7) is 4.45. The van der Waals surface area contributed by atoms with E-state index in [1.165, 1.54) is 5.56 Å². The van der Waals surface area contributed by atoms with Gasteiger partial charge in [-0.25, -0.2) is 9.97 Å². The van der Waals surface area contributed by atoms with E-state index in [9.17, 15) is 10.2 Å². The normalized spacial score (nSPS) is 12.0. The van der Waals surface area contributed by atoms with Crippen LogP contribution in [0.4, 0.5) is 0 Å². The van der Waals surface area contributed by atoms with E-state index in [4.69, 9.17) is 9.97 Å². The first-order valence-corrected chi connectivity index (χ1v) is 15.0. The van der Waals surface area contributed by atoms with Crippen molar-refractivity contribution in [2.45, 2.75) is 26.2 Å². The van der Waals surface area contributed by atoms with Crippen LogP contribution >= 0.6 is 0 Å². The van der Waals surface area contributed by atoms with Crippen molar-refractivity contribution in [1.29, 1.82) is 0 Å². The average molecular weight is 573 g/mol. The molecule has 2 heterocycles. The third-order valence-electron chi connectivity index (χ3n) is 8.61. The second-order valence-electron chi connectivity index (χ2n) is 11.3. The molecule has 44 heavy (non-hydrogen) atoms. The summed E-state index contributed by atoms with van der Waals surface area (Å²) in [5.74, 6) is 0.821. The molecule has 7 aromatic rings. The summed E-state index contributed by atoms with van der Waals surface area (Å²) in [6.07, 6.45) is 1.08. The van der Waals surface area contributed by atoms with E-state index in [-0.39, 0.29) is 11.5 Å². The Morgan fingerprint density at radius 2 is 0.977 bits per heavy atom. The minimum Gasteiger partial charge on any atom is -0.507 e. The fourth-order valence-electron chi connectivity index (χ4n) is 5.95. The third kappa shape index (κ3) is 4.84. The lowest BCUT2D eigenvalue weighted by Gasteiger charge is -2.16. The van der Waals surface area contributed by atoms with Crippen molar-refractivity contribution in [2.75, 3.05) is 0 Å². The maximum absolute atomic E-state index is 10.9. The molecule has 0 radical (unpaired) electrons. The maximum atomic E-state index is 10.9. The first kappa shape index (κ1) is 27.4. The minimum absolute atomic E-state index is 0.170. The van der Waals surface area contributed by atoms with Crippen LogP contribution in [0.15, 0.2) is 127 Å². The number of phenols is 2. The fraction of sp³-hybridized carbons (Fsp3) is 0.100. The van der Waals surface area contributed by atoms with E-state index < -0.39 is 0 Å². The number of para-hydroxylation sites is 2. The predicted octanol–water partition coefficient (Wildman–Crippen LogP) is 10.4. The Bertz CT molecular complexity index is 2140. The highest BCUT2D eigenvalue weighted by atomic mass is 16.3. The van der Waals surface area contributed by atoms with Gasteiger partial charge < -0.3 is 10.2 Å². The first-order valence-electron chi connectivity index (χ1n) is 15.0. The van der Waals surface area contributed by atoms with Crippen LogP contribution in [0.2, 0.25) is 0 Å². The molecular weight excluding hydrogens is 540 g/mol. The lowest BCUT2D eigenvalue weighted by Crippen LogP contribution is -1.96. The molecule has 4 nitrogen and oxygen atoms in total. The predicted molar refractivity (Wildman–Crippen MR) is 181 cm³/mol. The topological polar surface area (TPSA) is 66.2 Å². The van der Waals surface area contributed by atoms with E-state index >= 15 is 0 Å². The molecule has 0 saturated heterocycles. The Kier molecular flexibility index (Phi) is 7.03. The number of benzene rings is 5. The third-order valence-corrected chi connectivity index (χ3v) is 8.61. The molecule has 2 N–H and O–H groups in total. The summed E-state index contributed by atoms with van der Waals surface area (Å²) >= 11 is 0. The molecule has 0 spiro atoms. The number of pyridine rings is 2. The molecule has 7 rings (SSSR count). The molecule has 5 aromatic carbocycles. The molecule has 214 valence electrons. The zero-order valence-electron chi connectivity index (χ0n) is 24.7. The number of aromatic hydroxyl groups is 2. The van der Waals surface area contributed by atoms with E-state index in [2.05, 4.69) is 68.4 Å². The van der Waals surface area contributed by atoms with Crippen LogP contribution in [-0.2, 0) is 0 Å². The summed E-state index contributed by atoms with van der Waals surface area (Å²) in [7, 11) is 0. The van der Waals surface area contributed by atoms with Gasteiger partial charge in [0, 0.05) is 21.9 Å². The zero-order valence-corrected chi connectivity index (χ0v) is 24.7. The van der Waals surface area contributed by atoms with Gasteiger partial charge in [-0.1, -0.05) is 105 Å². The number of rotatable bonds is 6. The number of phenolic OH excluding ortho intramolecular Hbond substituents is 2. The summed E-state index contributed by atoms with van der Waals surface area (Å²) in [5.41, 5.74) is 9.56. The van der Waals surface area contributed by atoms with Gasteiger partial charge in [-0.05, 0) is 76.6 Å². The molecular formula is C40H32N2O2. The van der Waals surface area contributed by atoms with Crippen LogP contribution in [0.3, 0.4) is 0 Å². The molecule has 0 aliphatic heterocycles. The lowest BCUT2D eigenvalue weighted by molar-refractivity contribution is 0.476. The second kappa shape index (κ2) is 11.3. The van der Waals surface area contributed by atoms with Crippen LogP contribution in [0, 0.1) is 0 Å². The molecule has 1 unspecified atom stereocenters. The average Bonchev–Trinajstić information content (AvgIpc) is 3.07. The van der Waals surface area contributed by atoms with Gasteiger partial charge in [0.15, 0.2) is 0 Å². The van der Waals surface area contributed by atoms with Crippen molar-refractivity contribution in [1.82, 2.24) is 9.97 Å². The molecule has 4 heteroatoms. The van der Waals surface area contributed by atoms with Crippen molar-refractivity contribution in [3.05, 3.63) is 133 Å². The molecule has 0 fully saturated rings. The van der Waals surface area contributed by atoms with Gasteiger partial charge in [0.1, 0.15) is 11.5 Å². The second-order valence-corrected chi connectivity index (χ2v) is 11.3. The summed E-state index contributed by atoms with van der Waals surface area (Å²) in [5, 5.41) is 23.6. The van der Waals surface area contributed by atoms with Crippen LogP contribution in [0.1, 0.15) is 31.7 Å². The first-order chi connectivity index (χ1) is 21.5. The van der Waals surface area contributed by atoms with E-state index in [1.807, 2.05) is 60.7 Å². The van der Waals surface area contributed by atoms with Crippen molar-refractivity contribution in [2.24, 2.45) is 0 Å². The van der Waals surface area contributed by atoms with Gasteiger partial charge in [0.05, 0.1) is 22.4 Å². The monoisotopic (exact) mass is 572 g/mol. The highest BCUT2D eigenvalue weighted by Gasteiger charge is 2.19. The Hall–Kier alpha value is -5.48. The zero-order chi connectivity index (χ0) is 30.2. The molecule has 0 amide bonds. The Morgan fingerprint density at radius 1 is 0.523 bits per heavy atom. The van der Waals surface area contributed by atoms with Crippen LogP contribution in [0.5, 0.6) is 11.5 Å². The van der Waals surface area contributed by atoms with Crippen LogP contribution in [0.25, 0.3) is 66.6 Å². The minimum atomic E-state index is 0.170. The summed E-state index contributed by atoms with van der Waals surface area (Å²) < 4.78 is 0. The van der Waals surface area contributed by atoms with Crippen molar-refractivity contribution in [3.8, 4) is 56.3 Å². The van der Waals surface area contributed by atoms with Crippen molar-refractivity contribution < 1.29 is 10.2 Å². The molecule has 0 aliphatic carbocycles. The summed E-state index contributed by atoms with van der Waals surface area (Å²) in [4.78, 5) is 10.4. The number of nitrogens with zero attached hydrogens (tertiary/aromatic N) is 2. The van der Waals surface area contributed by atoms with Gasteiger partial charge in [-0.2, -0.15) is 0 Å². The van der Waals surface area contributed by atoms with Gasteiger partial charge in [-0.3, -0.25) is 0 Å². The largest absolute Gasteiger partial charge is 0.507 e. The quantitative estimate of drug-likeness (QED) is 0.195. The summed E-state index contributed by atoms with van der Waals surface area (Å²) in [6, 6.07) is 41.9. The van der Waals surface area contributed by atoms with Gasteiger partial charge >= 0.3 is 0 Å². The van der Waals surface area contributed by atoms with Gasteiger partial charge in [0.2, 0.25) is 0 Å². The fourth-order valence-corrected chi connectivity index (χ4v) is 5.95. The number of fused-ring (bicyclic) bond motifs is 3.